The van der Waals surface area contributed by atoms with Crippen molar-refractivity contribution in [1.82, 2.24) is 0 Å². The molecular formula is C30H34O6. The summed E-state index contributed by atoms with van der Waals surface area (Å²) < 4.78 is 30.6. The standard InChI is InChI=1S/C30H34O6/c1-2-18-33-29-27(31)30(35-21-25-16-10-5-11-17-25)36-26(22-32-19-23-12-6-3-7-13-23)28(29)34-20-24-14-8-4-9-15-24/h2-17,26-31H,1,18-22H2/t26?,27?,28-,29-,30-/m1/s1. The largest absolute Gasteiger partial charge is 0.385 e. The van der Waals surface area contributed by atoms with E-state index in [1.54, 1.807) is 6.08 Å². The van der Waals surface area contributed by atoms with Crippen LogP contribution in [0.15, 0.2) is 104 Å². The molecule has 0 aliphatic carbocycles. The number of hydrogen-bond acceptors (Lipinski definition) is 6. The van der Waals surface area contributed by atoms with E-state index in [9.17, 15) is 5.11 Å². The summed E-state index contributed by atoms with van der Waals surface area (Å²) in [4.78, 5) is 0. The first-order valence-electron chi connectivity index (χ1n) is 12.2. The third kappa shape index (κ3) is 7.58. The maximum Gasteiger partial charge on any atom is 0.187 e. The fraction of sp³-hybridized carbons (Fsp3) is 0.333. The third-order valence-corrected chi connectivity index (χ3v) is 5.96. The molecule has 1 aliphatic heterocycles. The Labute approximate surface area is 213 Å². The average molecular weight is 491 g/mol. The van der Waals surface area contributed by atoms with Crippen molar-refractivity contribution in [2.45, 2.75) is 50.5 Å². The van der Waals surface area contributed by atoms with Gasteiger partial charge in [-0.3, -0.25) is 0 Å². The maximum absolute atomic E-state index is 11.2. The summed E-state index contributed by atoms with van der Waals surface area (Å²) >= 11 is 0. The second-order valence-electron chi connectivity index (χ2n) is 8.68. The zero-order valence-corrected chi connectivity index (χ0v) is 20.4. The third-order valence-electron chi connectivity index (χ3n) is 5.96. The summed E-state index contributed by atoms with van der Waals surface area (Å²) in [6, 6.07) is 29.6. The molecule has 6 nitrogen and oxygen atoms in total. The lowest BCUT2D eigenvalue weighted by Crippen LogP contribution is -2.61. The highest BCUT2D eigenvalue weighted by Crippen LogP contribution is 2.29. The van der Waals surface area contributed by atoms with Gasteiger partial charge in [-0.25, -0.2) is 0 Å². The molecule has 0 aromatic heterocycles. The Kier molecular flexibility index (Phi) is 10.2. The summed E-state index contributed by atoms with van der Waals surface area (Å²) in [6.07, 6.45) is -2.09. The van der Waals surface area contributed by atoms with E-state index in [-0.39, 0.29) is 13.2 Å². The van der Waals surface area contributed by atoms with E-state index in [1.165, 1.54) is 0 Å². The minimum absolute atomic E-state index is 0.250. The van der Waals surface area contributed by atoms with Crippen molar-refractivity contribution < 1.29 is 28.8 Å². The lowest BCUT2D eigenvalue weighted by Gasteiger charge is -2.44. The number of hydrogen-bond donors (Lipinski definition) is 1. The van der Waals surface area contributed by atoms with Gasteiger partial charge < -0.3 is 28.8 Å². The normalized spacial score (nSPS) is 23.9. The predicted octanol–water partition coefficient (Wildman–Crippen LogP) is 4.66. The van der Waals surface area contributed by atoms with E-state index in [2.05, 4.69) is 6.58 Å². The molecule has 36 heavy (non-hydrogen) atoms. The van der Waals surface area contributed by atoms with Crippen LogP contribution in [0.5, 0.6) is 0 Å². The minimum Gasteiger partial charge on any atom is -0.385 e. The molecule has 6 heteroatoms. The Hall–Kier alpha value is -2.84. The zero-order chi connectivity index (χ0) is 25.0. The molecular weight excluding hydrogens is 456 g/mol. The van der Waals surface area contributed by atoms with Crippen molar-refractivity contribution in [1.29, 1.82) is 0 Å². The Bertz CT molecular complexity index is 1010. The van der Waals surface area contributed by atoms with Gasteiger partial charge in [-0.1, -0.05) is 97.1 Å². The lowest BCUT2D eigenvalue weighted by molar-refractivity contribution is -0.319. The van der Waals surface area contributed by atoms with Crippen molar-refractivity contribution >= 4 is 0 Å². The Balaban J connectivity index is 1.48. The smallest absolute Gasteiger partial charge is 0.187 e. The van der Waals surface area contributed by atoms with E-state index in [4.69, 9.17) is 23.7 Å². The highest BCUT2D eigenvalue weighted by Gasteiger charge is 2.47. The van der Waals surface area contributed by atoms with Crippen LogP contribution in [0, 0.1) is 0 Å². The van der Waals surface area contributed by atoms with Crippen LogP contribution >= 0.6 is 0 Å². The van der Waals surface area contributed by atoms with E-state index in [0.29, 0.717) is 19.8 Å². The van der Waals surface area contributed by atoms with Gasteiger partial charge in [0, 0.05) is 0 Å². The van der Waals surface area contributed by atoms with Gasteiger partial charge in [0.2, 0.25) is 0 Å². The van der Waals surface area contributed by atoms with Gasteiger partial charge in [-0.2, -0.15) is 0 Å². The molecule has 0 radical (unpaired) electrons. The number of aliphatic hydroxyl groups is 1. The molecule has 1 aliphatic rings. The number of ether oxygens (including phenoxy) is 5. The van der Waals surface area contributed by atoms with Gasteiger partial charge in [0.25, 0.3) is 0 Å². The average Bonchev–Trinajstić information content (AvgIpc) is 2.93. The number of aliphatic hydroxyl groups excluding tert-OH is 1. The van der Waals surface area contributed by atoms with Crippen LogP contribution < -0.4 is 0 Å². The molecule has 190 valence electrons. The highest BCUT2D eigenvalue weighted by atomic mass is 16.7. The summed E-state index contributed by atoms with van der Waals surface area (Å²) in [6.45, 7) is 5.34. The van der Waals surface area contributed by atoms with Crippen molar-refractivity contribution in [3.8, 4) is 0 Å². The fourth-order valence-corrected chi connectivity index (χ4v) is 4.12. The van der Waals surface area contributed by atoms with Gasteiger partial charge in [0.05, 0.1) is 33.0 Å². The molecule has 3 aromatic rings. The SMILES string of the molecule is C=CCO[C@@H]1C(O)[C@H](OCc2ccccc2)OC(COCc2ccccc2)[C@H]1OCc1ccccc1. The first kappa shape index (κ1) is 26.2. The topological polar surface area (TPSA) is 66.4 Å². The van der Waals surface area contributed by atoms with E-state index in [0.717, 1.165) is 16.7 Å². The summed E-state index contributed by atoms with van der Waals surface area (Å²) in [5.74, 6) is 0. The van der Waals surface area contributed by atoms with E-state index < -0.39 is 30.7 Å². The highest BCUT2D eigenvalue weighted by molar-refractivity contribution is 5.15. The van der Waals surface area contributed by atoms with Gasteiger partial charge >= 0.3 is 0 Å². The van der Waals surface area contributed by atoms with E-state index in [1.807, 2.05) is 91.0 Å². The molecule has 3 aromatic carbocycles. The van der Waals surface area contributed by atoms with Crippen LogP contribution in [-0.2, 0) is 43.5 Å². The molecule has 0 spiro atoms. The number of rotatable bonds is 13. The number of benzene rings is 3. The van der Waals surface area contributed by atoms with Crippen LogP contribution in [0.25, 0.3) is 0 Å². The second kappa shape index (κ2) is 14.0. The van der Waals surface area contributed by atoms with Gasteiger partial charge in [0.15, 0.2) is 6.29 Å². The molecule has 0 amide bonds. The van der Waals surface area contributed by atoms with Gasteiger partial charge in [0.1, 0.15) is 24.4 Å². The quantitative estimate of drug-likeness (QED) is 0.352. The summed E-state index contributed by atoms with van der Waals surface area (Å²) in [5, 5.41) is 11.2. The first-order chi connectivity index (χ1) is 17.7. The monoisotopic (exact) mass is 490 g/mol. The van der Waals surface area contributed by atoms with E-state index >= 15 is 0 Å². The first-order valence-corrected chi connectivity index (χ1v) is 12.2. The van der Waals surface area contributed by atoms with Crippen molar-refractivity contribution in [3.63, 3.8) is 0 Å². The summed E-state index contributed by atoms with van der Waals surface area (Å²) in [5.41, 5.74) is 3.06. The van der Waals surface area contributed by atoms with Gasteiger partial charge in [-0.05, 0) is 16.7 Å². The van der Waals surface area contributed by atoms with Crippen LogP contribution in [-0.4, -0.2) is 49.0 Å². The molecule has 0 saturated carbocycles. The molecule has 5 atom stereocenters. The summed E-state index contributed by atoms with van der Waals surface area (Å²) in [7, 11) is 0. The van der Waals surface area contributed by atoms with Crippen molar-refractivity contribution in [2.75, 3.05) is 13.2 Å². The minimum atomic E-state index is -1.06. The van der Waals surface area contributed by atoms with Crippen LogP contribution in [0.2, 0.25) is 0 Å². The van der Waals surface area contributed by atoms with Crippen LogP contribution in [0.4, 0.5) is 0 Å². The van der Waals surface area contributed by atoms with Crippen LogP contribution in [0.1, 0.15) is 16.7 Å². The molecule has 0 bridgehead atoms. The molecule has 1 heterocycles. The Morgan fingerprint density at radius 1 is 0.694 bits per heavy atom. The predicted molar refractivity (Wildman–Crippen MR) is 137 cm³/mol. The maximum atomic E-state index is 11.2. The molecule has 1 fully saturated rings. The Morgan fingerprint density at radius 3 is 1.78 bits per heavy atom. The molecule has 4 rings (SSSR count). The van der Waals surface area contributed by atoms with Crippen molar-refractivity contribution in [2.24, 2.45) is 0 Å². The van der Waals surface area contributed by atoms with Crippen LogP contribution in [0.3, 0.4) is 0 Å². The fourth-order valence-electron chi connectivity index (χ4n) is 4.12. The second-order valence-corrected chi connectivity index (χ2v) is 8.68. The van der Waals surface area contributed by atoms with Crippen molar-refractivity contribution in [3.05, 3.63) is 120 Å². The molecule has 1 N–H and O–H groups in total. The lowest BCUT2D eigenvalue weighted by atomic mass is 9.98. The zero-order valence-electron chi connectivity index (χ0n) is 20.4. The van der Waals surface area contributed by atoms with Gasteiger partial charge in [-0.15, -0.1) is 6.58 Å². The Morgan fingerprint density at radius 2 is 1.22 bits per heavy atom. The molecule has 1 saturated heterocycles. The molecule has 2 unspecified atom stereocenters.